The zero-order valence-electron chi connectivity index (χ0n) is 13.3. The van der Waals surface area contributed by atoms with Crippen molar-refractivity contribution in [2.45, 2.75) is 45.1 Å². The minimum absolute atomic E-state index is 0.0162. The Kier molecular flexibility index (Phi) is 8.30. The fraction of sp³-hybridized carbons (Fsp3) is 0.867. The Hall–Kier alpha value is -1.14. The van der Waals surface area contributed by atoms with Crippen LogP contribution in [-0.2, 0) is 9.59 Å². The second-order valence-electron chi connectivity index (χ2n) is 5.73. The summed E-state index contributed by atoms with van der Waals surface area (Å²) in [5, 5.41) is 11.7. The number of nitrogens with one attached hydrogen (secondary N) is 1. The van der Waals surface area contributed by atoms with Crippen LogP contribution in [0.15, 0.2) is 0 Å². The van der Waals surface area contributed by atoms with Gasteiger partial charge in [-0.25, -0.2) is 0 Å². The van der Waals surface area contributed by atoms with Crippen molar-refractivity contribution in [1.82, 2.24) is 15.1 Å². The molecule has 1 aliphatic rings. The molecule has 0 spiro atoms. The lowest BCUT2D eigenvalue weighted by atomic mass is 10.1. The van der Waals surface area contributed by atoms with Gasteiger partial charge < -0.3 is 15.3 Å². The van der Waals surface area contributed by atoms with Crippen LogP contribution in [0.4, 0.5) is 0 Å². The summed E-state index contributed by atoms with van der Waals surface area (Å²) in [5.41, 5.74) is 0. The minimum Gasteiger partial charge on any atom is -0.396 e. The molecule has 1 unspecified atom stereocenters. The first kappa shape index (κ1) is 17.9. The van der Waals surface area contributed by atoms with Gasteiger partial charge in [0, 0.05) is 26.2 Å². The van der Waals surface area contributed by atoms with Gasteiger partial charge >= 0.3 is 0 Å². The highest BCUT2D eigenvalue weighted by Crippen LogP contribution is 2.20. The highest BCUT2D eigenvalue weighted by molar-refractivity contribution is 5.85. The molecule has 2 amide bonds. The third-order valence-corrected chi connectivity index (χ3v) is 3.91. The predicted octanol–water partition coefficient (Wildman–Crippen LogP) is 0.208. The SMILES string of the molecule is CCCNC(=O)CN(C)C(=O)CN1CCCC1CCCO. The molecule has 0 aliphatic carbocycles. The van der Waals surface area contributed by atoms with Crippen molar-refractivity contribution in [3.63, 3.8) is 0 Å². The summed E-state index contributed by atoms with van der Waals surface area (Å²) < 4.78 is 0. The zero-order chi connectivity index (χ0) is 15.7. The second-order valence-corrected chi connectivity index (χ2v) is 5.73. The number of carbonyl (C=O) groups excluding carboxylic acids is 2. The van der Waals surface area contributed by atoms with Gasteiger partial charge in [0.2, 0.25) is 11.8 Å². The molecule has 1 aliphatic heterocycles. The van der Waals surface area contributed by atoms with Crippen LogP contribution in [0.3, 0.4) is 0 Å². The number of likely N-dealkylation sites (N-methyl/N-ethyl adjacent to an activating group) is 1. The van der Waals surface area contributed by atoms with E-state index in [9.17, 15) is 9.59 Å². The number of hydrogen-bond acceptors (Lipinski definition) is 4. The van der Waals surface area contributed by atoms with E-state index in [-0.39, 0.29) is 25.0 Å². The van der Waals surface area contributed by atoms with Gasteiger partial charge in [-0.15, -0.1) is 0 Å². The number of hydrogen-bond donors (Lipinski definition) is 2. The standard InChI is InChI=1S/C15H29N3O3/c1-3-8-16-14(20)11-17(2)15(21)12-18-9-4-6-13(18)7-5-10-19/h13,19H,3-12H2,1-2H3,(H,16,20). The highest BCUT2D eigenvalue weighted by atomic mass is 16.3. The molecule has 1 saturated heterocycles. The highest BCUT2D eigenvalue weighted by Gasteiger charge is 2.26. The predicted molar refractivity (Wildman–Crippen MR) is 81.9 cm³/mol. The molecule has 1 heterocycles. The van der Waals surface area contributed by atoms with Gasteiger partial charge in [0.15, 0.2) is 0 Å². The Balaban J connectivity index is 2.35. The summed E-state index contributed by atoms with van der Waals surface area (Å²) in [6.07, 6.45) is 4.80. The van der Waals surface area contributed by atoms with Crippen molar-refractivity contribution in [3.05, 3.63) is 0 Å². The van der Waals surface area contributed by atoms with Crippen molar-refractivity contribution in [3.8, 4) is 0 Å². The first-order valence-corrected chi connectivity index (χ1v) is 7.94. The maximum Gasteiger partial charge on any atom is 0.239 e. The molecule has 1 fully saturated rings. The van der Waals surface area contributed by atoms with Crippen molar-refractivity contribution < 1.29 is 14.7 Å². The van der Waals surface area contributed by atoms with Crippen LogP contribution < -0.4 is 5.32 Å². The van der Waals surface area contributed by atoms with Crippen LogP contribution in [-0.4, -0.2) is 72.6 Å². The second kappa shape index (κ2) is 9.73. The summed E-state index contributed by atoms with van der Waals surface area (Å²) in [6, 6.07) is 0.392. The molecule has 0 saturated carbocycles. The summed E-state index contributed by atoms with van der Waals surface area (Å²) in [5.74, 6) is -0.122. The molecule has 1 atom stereocenters. The number of rotatable bonds is 9. The topological polar surface area (TPSA) is 72.9 Å². The molecule has 6 nitrogen and oxygen atoms in total. The van der Waals surface area contributed by atoms with Crippen LogP contribution in [0.5, 0.6) is 0 Å². The van der Waals surface area contributed by atoms with Gasteiger partial charge in [0.25, 0.3) is 0 Å². The molecule has 2 N–H and O–H groups in total. The maximum absolute atomic E-state index is 12.2. The zero-order valence-corrected chi connectivity index (χ0v) is 13.3. The van der Waals surface area contributed by atoms with Crippen LogP contribution in [0, 0.1) is 0 Å². The lowest BCUT2D eigenvalue weighted by Gasteiger charge is -2.26. The third kappa shape index (κ3) is 6.44. The number of aliphatic hydroxyl groups is 1. The Morgan fingerprint density at radius 2 is 2.19 bits per heavy atom. The molecule has 0 bridgehead atoms. The number of amides is 2. The van der Waals surface area contributed by atoms with E-state index in [1.165, 1.54) is 4.90 Å². The minimum atomic E-state index is -0.106. The summed E-state index contributed by atoms with van der Waals surface area (Å²) in [7, 11) is 1.67. The molecule has 1 rings (SSSR count). The average Bonchev–Trinajstić information content (AvgIpc) is 2.89. The molecule has 0 radical (unpaired) electrons. The molecule has 0 aromatic rings. The molecule has 6 heteroatoms. The third-order valence-electron chi connectivity index (χ3n) is 3.91. The van der Waals surface area contributed by atoms with Gasteiger partial charge in [0.05, 0.1) is 13.1 Å². The van der Waals surface area contributed by atoms with Gasteiger partial charge in [-0.2, -0.15) is 0 Å². The lowest BCUT2D eigenvalue weighted by Crippen LogP contribution is -2.44. The first-order chi connectivity index (χ1) is 10.1. The van der Waals surface area contributed by atoms with Gasteiger partial charge in [-0.1, -0.05) is 6.92 Å². The first-order valence-electron chi connectivity index (χ1n) is 7.94. The maximum atomic E-state index is 12.2. The summed E-state index contributed by atoms with van der Waals surface area (Å²) in [6.45, 7) is 4.26. The van der Waals surface area contributed by atoms with Crippen molar-refractivity contribution in [1.29, 1.82) is 0 Å². The number of carbonyl (C=O) groups is 2. The number of aliphatic hydroxyl groups excluding tert-OH is 1. The summed E-state index contributed by atoms with van der Waals surface area (Å²) in [4.78, 5) is 27.5. The van der Waals surface area contributed by atoms with Crippen LogP contribution >= 0.6 is 0 Å². The largest absolute Gasteiger partial charge is 0.396 e. The Morgan fingerprint density at radius 3 is 2.86 bits per heavy atom. The Morgan fingerprint density at radius 1 is 1.43 bits per heavy atom. The van der Waals surface area contributed by atoms with Gasteiger partial charge in [-0.05, 0) is 38.6 Å². The summed E-state index contributed by atoms with van der Waals surface area (Å²) >= 11 is 0. The molecule has 0 aromatic heterocycles. The fourth-order valence-corrected chi connectivity index (χ4v) is 2.68. The van der Waals surface area contributed by atoms with Crippen molar-refractivity contribution in [2.24, 2.45) is 0 Å². The monoisotopic (exact) mass is 299 g/mol. The van der Waals surface area contributed by atoms with E-state index in [2.05, 4.69) is 10.2 Å². The molecular weight excluding hydrogens is 270 g/mol. The quantitative estimate of drug-likeness (QED) is 0.638. The normalized spacial score (nSPS) is 18.7. The molecular formula is C15H29N3O3. The van der Waals surface area contributed by atoms with Crippen molar-refractivity contribution >= 4 is 11.8 Å². The van der Waals surface area contributed by atoms with Crippen molar-refractivity contribution in [2.75, 3.05) is 39.8 Å². The molecule has 0 aromatic carbocycles. The van der Waals surface area contributed by atoms with Crippen LogP contribution in [0.2, 0.25) is 0 Å². The average molecular weight is 299 g/mol. The fourth-order valence-electron chi connectivity index (χ4n) is 2.68. The smallest absolute Gasteiger partial charge is 0.239 e. The van der Waals surface area contributed by atoms with E-state index in [1.54, 1.807) is 7.05 Å². The Labute approximate surface area is 127 Å². The van der Waals surface area contributed by atoms with E-state index in [4.69, 9.17) is 5.11 Å². The number of nitrogens with zero attached hydrogens (tertiary/aromatic N) is 2. The van der Waals surface area contributed by atoms with Crippen LogP contribution in [0.25, 0.3) is 0 Å². The van der Waals surface area contributed by atoms with Gasteiger partial charge in [0.1, 0.15) is 0 Å². The lowest BCUT2D eigenvalue weighted by molar-refractivity contribution is -0.135. The van der Waals surface area contributed by atoms with E-state index in [1.807, 2.05) is 6.92 Å². The molecule has 122 valence electrons. The Bertz CT molecular complexity index is 336. The van der Waals surface area contributed by atoms with Crippen LogP contribution in [0.1, 0.15) is 39.0 Å². The van der Waals surface area contributed by atoms with E-state index < -0.39 is 0 Å². The van der Waals surface area contributed by atoms with E-state index in [0.29, 0.717) is 19.1 Å². The molecule has 21 heavy (non-hydrogen) atoms. The van der Waals surface area contributed by atoms with E-state index in [0.717, 1.165) is 38.6 Å². The van der Waals surface area contributed by atoms with E-state index >= 15 is 0 Å². The number of likely N-dealkylation sites (tertiary alicyclic amines) is 1. The van der Waals surface area contributed by atoms with Gasteiger partial charge in [-0.3, -0.25) is 14.5 Å².